The zero-order valence-electron chi connectivity index (χ0n) is 32.9. The molecule has 0 heterocycles. The van der Waals surface area contributed by atoms with Crippen molar-refractivity contribution >= 4 is 113 Å². The van der Waals surface area contributed by atoms with Gasteiger partial charge in [-0.1, -0.05) is 105 Å². The van der Waals surface area contributed by atoms with Gasteiger partial charge in [-0.05, 0) is 49.9 Å². The van der Waals surface area contributed by atoms with Crippen molar-refractivity contribution in [3.8, 4) is 0 Å². The van der Waals surface area contributed by atoms with E-state index in [-0.39, 0.29) is 72.2 Å². The molecule has 0 aliphatic heterocycles. The minimum Gasteiger partial charge on any atom is -0.359 e. The number of sulfone groups is 8. The van der Waals surface area contributed by atoms with Crippen LogP contribution in [0.1, 0.15) is 93.9 Å². The molecule has 68 heavy (non-hydrogen) atoms. The van der Waals surface area contributed by atoms with Crippen molar-refractivity contribution in [2.45, 2.75) is 114 Å². The molecule has 24 nitrogen and oxygen atoms in total. The van der Waals surface area contributed by atoms with Gasteiger partial charge in [-0.3, -0.25) is 0 Å². The summed E-state index contributed by atoms with van der Waals surface area (Å²) in [6.07, 6.45) is 3.95. The third kappa shape index (κ3) is 15.9. The molecule has 6 radical (unpaired) electrons. The van der Waals surface area contributed by atoms with E-state index in [2.05, 4.69) is 19.2 Å². The Labute approximate surface area is 404 Å². The van der Waals surface area contributed by atoms with Crippen LogP contribution in [0.15, 0.2) is 70.5 Å². The molecule has 2 fully saturated rings. The Bertz CT molecular complexity index is 3000. The fraction of sp³-hybridized carbons (Fsp3) is 0.529. The standard InChI is InChI=1S/C15H24N4O8S4.C15H12N4O8S4.4CH4.2B/c2*16-18-14(30(24,25)12-7-3-1-4-8-12)28(20,21)11-29(22,23)15(19-17)31(26,27)13-9-5-2-6-10-13;;;;;;/h12-13H,1-11H2;1-10H,11H2;4*1H4;;. The fourth-order valence-electron chi connectivity index (χ4n) is 6.21. The number of benzene rings is 2. The van der Waals surface area contributed by atoms with Gasteiger partial charge in [0.25, 0.3) is 78.7 Å². The van der Waals surface area contributed by atoms with Crippen molar-refractivity contribution in [2.75, 3.05) is 10.2 Å². The molecular weight excluding hydrogens is 1050 g/mol. The molecule has 0 N–H and O–H groups in total. The normalized spacial score (nSPS) is 14.7. The quantitative estimate of drug-likeness (QED) is 0.120. The van der Waals surface area contributed by atoms with Gasteiger partial charge in [0, 0.05) is 16.8 Å². The van der Waals surface area contributed by atoms with Crippen LogP contribution in [0.2, 0.25) is 0 Å². The van der Waals surface area contributed by atoms with Gasteiger partial charge in [0.1, 0.15) is 0 Å². The number of hydrogen-bond acceptors (Lipinski definition) is 16. The van der Waals surface area contributed by atoms with Gasteiger partial charge in [-0.25, -0.2) is 67.3 Å². The Balaban J connectivity index is -0.000000554. The van der Waals surface area contributed by atoms with Crippen LogP contribution >= 0.6 is 0 Å². The van der Waals surface area contributed by atoms with Crippen molar-refractivity contribution in [3.63, 3.8) is 0 Å². The van der Waals surface area contributed by atoms with Gasteiger partial charge in [-0.15, -0.1) is 19.2 Å². The van der Waals surface area contributed by atoms with E-state index in [1.165, 1.54) is 36.4 Å². The minimum absolute atomic E-state index is 0. The topological polar surface area (TPSA) is 419 Å². The smallest absolute Gasteiger partial charge is 0.359 e. The third-order valence-electron chi connectivity index (χ3n) is 9.05. The first-order valence-electron chi connectivity index (χ1n) is 17.5. The van der Waals surface area contributed by atoms with Crippen LogP contribution in [0.4, 0.5) is 0 Å². The number of nitrogens with zero attached hydrogens (tertiary/aromatic N) is 8. The first-order chi connectivity index (χ1) is 28.6. The molecule has 0 aromatic heterocycles. The second-order valence-electron chi connectivity index (χ2n) is 13.4. The summed E-state index contributed by atoms with van der Waals surface area (Å²) in [5.74, 6) is 0. The Hall–Kier alpha value is -4.31. The predicted molar refractivity (Wildman–Crippen MR) is 257 cm³/mol. The molecule has 2 aliphatic rings. The van der Waals surface area contributed by atoms with E-state index in [9.17, 15) is 67.3 Å². The summed E-state index contributed by atoms with van der Waals surface area (Å²) in [6.45, 7) is 0. The molecule has 0 saturated heterocycles. The molecule has 2 saturated carbocycles. The van der Waals surface area contributed by atoms with Crippen LogP contribution in [0.5, 0.6) is 0 Å². The molecule has 0 atom stereocenters. The Morgan fingerprint density at radius 1 is 0.382 bits per heavy atom. The lowest BCUT2D eigenvalue weighted by Gasteiger charge is -2.19. The zero-order chi connectivity index (χ0) is 47.0. The monoisotopic (exact) mass is 1110 g/mol. The molecule has 0 spiro atoms. The van der Waals surface area contributed by atoms with Crippen LogP contribution in [0.25, 0.3) is 22.1 Å². The second-order valence-corrected chi connectivity index (χ2v) is 30.8. The maximum Gasteiger partial charge on any atom is 0.500 e. The first-order valence-corrected chi connectivity index (χ1v) is 30.2. The minimum atomic E-state index is -5.47. The molecule has 2 aromatic carbocycles. The van der Waals surface area contributed by atoms with E-state index < -0.39 is 127 Å². The van der Waals surface area contributed by atoms with E-state index in [4.69, 9.17) is 22.1 Å². The average molecular weight is 1110 g/mol. The van der Waals surface area contributed by atoms with Crippen molar-refractivity contribution < 1.29 is 86.5 Å². The lowest BCUT2D eigenvalue weighted by atomic mass is 10.0. The van der Waals surface area contributed by atoms with Crippen LogP contribution in [-0.4, -0.2) is 142 Å². The maximum absolute atomic E-state index is 12.7. The second kappa shape index (κ2) is 27.2. The van der Waals surface area contributed by atoms with Gasteiger partial charge in [-0.2, -0.15) is 0 Å². The highest BCUT2D eigenvalue weighted by atomic mass is 32.3. The summed E-state index contributed by atoms with van der Waals surface area (Å²) in [6, 6.07) is 11.6. The summed E-state index contributed by atoms with van der Waals surface area (Å²) in [7, 11) is -41.0. The maximum atomic E-state index is 12.7. The summed E-state index contributed by atoms with van der Waals surface area (Å²) in [5.41, 5.74) is 36.3. The molecule has 2 aliphatic carbocycles. The molecule has 2 aromatic rings. The SMILES string of the molecule is C.C.C.C.[B].[B].[N-]=[N+]=C(S(=O)(=O)CS(=O)(=O)C(=[N+]=[N-])S(=O)(=O)C1CCCCC1)S(=O)(=O)C1CCCCC1.[N-]=[N+]=C(S(=O)(=O)CS(=O)(=O)C(=[N+]=[N-])S(=O)(=O)c1ccccc1)S(=O)(=O)c1ccccc1. The van der Waals surface area contributed by atoms with Gasteiger partial charge < -0.3 is 22.1 Å². The summed E-state index contributed by atoms with van der Waals surface area (Å²) in [5, 5.41) is -6.53. The van der Waals surface area contributed by atoms with E-state index in [0.29, 0.717) is 25.7 Å². The predicted octanol–water partition coefficient (Wildman–Crippen LogP) is 2.12. The lowest BCUT2D eigenvalue weighted by molar-refractivity contribution is 0.00324. The third-order valence-corrected chi connectivity index (χ3v) is 28.9. The fourth-order valence-corrected chi connectivity index (χ4v) is 24.6. The molecule has 4 rings (SSSR count). The van der Waals surface area contributed by atoms with E-state index in [0.717, 1.165) is 37.1 Å². The van der Waals surface area contributed by atoms with E-state index in [1.54, 1.807) is 0 Å². The first kappa shape index (κ1) is 70.3. The number of rotatable bonds is 8. The van der Waals surface area contributed by atoms with Crippen molar-refractivity contribution in [1.29, 1.82) is 0 Å². The largest absolute Gasteiger partial charge is 0.500 e. The molecule has 34 heteroatoms. The molecule has 0 unspecified atom stereocenters. The van der Waals surface area contributed by atoms with Crippen LogP contribution in [-0.2, 0) is 78.7 Å². The highest BCUT2D eigenvalue weighted by Crippen LogP contribution is 2.28. The molecular formula is C34H52B2N8O16S8. The molecule has 0 bridgehead atoms. The highest BCUT2D eigenvalue weighted by Gasteiger charge is 2.54. The Morgan fingerprint density at radius 3 is 0.824 bits per heavy atom. The van der Waals surface area contributed by atoms with Crippen LogP contribution in [0.3, 0.4) is 0 Å². The number of hydrogen-bond donors (Lipinski definition) is 0. The molecule has 0 amide bonds. The van der Waals surface area contributed by atoms with E-state index in [1.807, 2.05) is 0 Å². The highest BCUT2D eigenvalue weighted by molar-refractivity contribution is 8.40. The van der Waals surface area contributed by atoms with Crippen molar-refractivity contribution in [2.24, 2.45) is 0 Å². The van der Waals surface area contributed by atoms with Gasteiger partial charge >= 0.3 is 17.5 Å². The average Bonchev–Trinajstić information content (AvgIpc) is 3.18. The Kier molecular flexibility index (Phi) is 28.1. The van der Waals surface area contributed by atoms with Gasteiger partial charge in [0.2, 0.25) is 0 Å². The van der Waals surface area contributed by atoms with Crippen LogP contribution in [0, 0.1) is 0 Å². The summed E-state index contributed by atoms with van der Waals surface area (Å²) < 4.78 is 194. The Morgan fingerprint density at radius 2 is 0.603 bits per heavy atom. The van der Waals surface area contributed by atoms with Crippen molar-refractivity contribution in [3.05, 3.63) is 82.8 Å². The van der Waals surface area contributed by atoms with Crippen LogP contribution < -0.4 is 0 Å². The zero-order valence-corrected chi connectivity index (χ0v) is 39.5. The van der Waals surface area contributed by atoms with Gasteiger partial charge in [0.05, 0.1) is 20.3 Å². The van der Waals surface area contributed by atoms with Gasteiger partial charge in [0.15, 0.2) is 10.2 Å². The summed E-state index contributed by atoms with van der Waals surface area (Å²) >= 11 is 0. The molecule has 378 valence electrons. The van der Waals surface area contributed by atoms with Crippen molar-refractivity contribution in [1.82, 2.24) is 0 Å². The summed E-state index contributed by atoms with van der Waals surface area (Å²) in [4.78, 5) is 7.89. The van der Waals surface area contributed by atoms with E-state index >= 15 is 0 Å². The lowest BCUT2D eigenvalue weighted by Crippen LogP contribution is -2.41.